The number of nitrogens with zero attached hydrogens (tertiary/aromatic N) is 2. The number of methoxy groups -OCH3 is 1. The molecule has 0 saturated heterocycles. The van der Waals surface area contributed by atoms with E-state index in [4.69, 9.17) is 16.3 Å². The van der Waals surface area contributed by atoms with Gasteiger partial charge in [-0.3, -0.25) is 4.79 Å². The van der Waals surface area contributed by atoms with E-state index in [1.54, 1.807) is 30.1 Å². The minimum atomic E-state index is 0.478. The first-order valence-electron chi connectivity index (χ1n) is 6.67. The van der Waals surface area contributed by atoms with Gasteiger partial charge < -0.3 is 4.74 Å². The van der Waals surface area contributed by atoms with Crippen molar-refractivity contribution in [1.29, 1.82) is 0 Å². The standard InChI is InChI=1S/C17H13ClN2O2/c1-22-16-8-7-12(9-15(16)18)17-13(11-21)10-20(19-17)14-5-3-2-4-6-14/h2-11H,1H3. The summed E-state index contributed by atoms with van der Waals surface area (Å²) in [5, 5.41) is 4.98. The average Bonchev–Trinajstić information content (AvgIpc) is 3.00. The van der Waals surface area contributed by atoms with Crippen LogP contribution < -0.4 is 4.74 Å². The molecule has 0 aliphatic heterocycles. The highest BCUT2D eigenvalue weighted by Crippen LogP contribution is 2.31. The topological polar surface area (TPSA) is 44.1 Å². The molecule has 22 heavy (non-hydrogen) atoms. The summed E-state index contributed by atoms with van der Waals surface area (Å²) in [4.78, 5) is 11.3. The fraction of sp³-hybridized carbons (Fsp3) is 0.0588. The van der Waals surface area contributed by atoms with Gasteiger partial charge in [-0.2, -0.15) is 5.10 Å². The molecular weight excluding hydrogens is 300 g/mol. The van der Waals surface area contributed by atoms with Crippen molar-refractivity contribution in [2.45, 2.75) is 0 Å². The van der Waals surface area contributed by atoms with Crippen LogP contribution in [0.25, 0.3) is 16.9 Å². The van der Waals surface area contributed by atoms with Gasteiger partial charge in [0.1, 0.15) is 11.4 Å². The van der Waals surface area contributed by atoms with Crippen LogP contribution in [0.3, 0.4) is 0 Å². The lowest BCUT2D eigenvalue weighted by Crippen LogP contribution is -1.94. The fourth-order valence-corrected chi connectivity index (χ4v) is 2.48. The van der Waals surface area contributed by atoms with Gasteiger partial charge in [0.25, 0.3) is 0 Å². The fourth-order valence-electron chi connectivity index (χ4n) is 2.22. The van der Waals surface area contributed by atoms with Gasteiger partial charge in [-0.25, -0.2) is 4.68 Å². The summed E-state index contributed by atoms with van der Waals surface area (Å²) in [6.45, 7) is 0. The molecular formula is C17H13ClN2O2. The molecule has 0 spiro atoms. The molecule has 0 aliphatic carbocycles. The Bertz CT molecular complexity index is 813. The number of hydrogen-bond donors (Lipinski definition) is 0. The van der Waals surface area contributed by atoms with Gasteiger partial charge in [0, 0.05) is 11.8 Å². The Morgan fingerprint density at radius 2 is 1.95 bits per heavy atom. The lowest BCUT2D eigenvalue weighted by atomic mass is 10.1. The van der Waals surface area contributed by atoms with Crippen LogP contribution in [0.15, 0.2) is 54.7 Å². The molecule has 110 valence electrons. The van der Waals surface area contributed by atoms with E-state index in [9.17, 15) is 4.79 Å². The van der Waals surface area contributed by atoms with Gasteiger partial charge in [-0.1, -0.05) is 29.8 Å². The van der Waals surface area contributed by atoms with Crippen LogP contribution in [-0.2, 0) is 0 Å². The van der Waals surface area contributed by atoms with Gasteiger partial charge >= 0.3 is 0 Å². The number of ether oxygens (including phenoxy) is 1. The number of benzene rings is 2. The van der Waals surface area contributed by atoms with Crippen LogP contribution in [0, 0.1) is 0 Å². The second-order valence-electron chi connectivity index (χ2n) is 4.68. The highest BCUT2D eigenvalue weighted by molar-refractivity contribution is 6.32. The summed E-state index contributed by atoms with van der Waals surface area (Å²) in [5.74, 6) is 0.584. The molecule has 1 aromatic heterocycles. The second kappa shape index (κ2) is 6.03. The second-order valence-corrected chi connectivity index (χ2v) is 5.09. The molecule has 0 fully saturated rings. The Kier molecular flexibility index (Phi) is 3.94. The minimum absolute atomic E-state index is 0.478. The zero-order chi connectivity index (χ0) is 15.5. The monoisotopic (exact) mass is 312 g/mol. The van der Waals surface area contributed by atoms with E-state index in [-0.39, 0.29) is 0 Å². The summed E-state index contributed by atoms with van der Waals surface area (Å²) in [6.07, 6.45) is 2.50. The molecule has 1 heterocycles. The Labute approximate surface area is 132 Å². The predicted octanol–water partition coefficient (Wildman–Crippen LogP) is 4.01. The van der Waals surface area contributed by atoms with Crippen molar-refractivity contribution in [3.63, 3.8) is 0 Å². The van der Waals surface area contributed by atoms with Crippen LogP contribution in [-0.4, -0.2) is 23.2 Å². The van der Waals surface area contributed by atoms with Gasteiger partial charge in [0.05, 0.1) is 23.4 Å². The van der Waals surface area contributed by atoms with Crippen LogP contribution >= 0.6 is 11.6 Å². The first kappa shape index (κ1) is 14.4. The largest absolute Gasteiger partial charge is 0.495 e. The van der Waals surface area contributed by atoms with Gasteiger partial charge in [0.15, 0.2) is 6.29 Å². The van der Waals surface area contributed by atoms with Gasteiger partial charge in [-0.15, -0.1) is 0 Å². The van der Waals surface area contributed by atoms with E-state index in [2.05, 4.69) is 5.10 Å². The van der Waals surface area contributed by atoms with E-state index in [1.165, 1.54) is 0 Å². The van der Waals surface area contributed by atoms with Crippen molar-refractivity contribution in [3.8, 4) is 22.7 Å². The number of aromatic nitrogens is 2. The molecule has 0 saturated carbocycles. The Morgan fingerprint density at radius 3 is 2.59 bits per heavy atom. The molecule has 5 heteroatoms. The average molecular weight is 313 g/mol. The minimum Gasteiger partial charge on any atom is -0.495 e. The summed E-state index contributed by atoms with van der Waals surface area (Å²) in [6, 6.07) is 14.9. The maximum Gasteiger partial charge on any atom is 0.153 e. The van der Waals surface area contributed by atoms with E-state index < -0.39 is 0 Å². The maximum absolute atomic E-state index is 11.3. The van der Waals surface area contributed by atoms with E-state index in [0.717, 1.165) is 17.5 Å². The van der Waals surface area contributed by atoms with Crippen LogP contribution in [0.1, 0.15) is 10.4 Å². The molecule has 0 bridgehead atoms. The quantitative estimate of drug-likeness (QED) is 0.684. The van der Waals surface area contributed by atoms with Crippen molar-refractivity contribution >= 4 is 17.9 Å². The van der Waals surface area contributed by atoms with Crippen molar-refractivity contribution in [2.24, 2.45) is 0 Å². The number of carbonyl (C=O) groups is 1. The van der Waals surface area contributed by atoms with Gasteiger partial charge in [0.2, 0.25) is 0 Å². The number of rotatable bonds is 4. The lowest BCUT2D eigenvalue weighted by molar-refractivity contribution is 0.112. The number of halogens is 1. The molecule has 0 atom stereocenters. The highest BCUT2D eigenvalue weighted by atomic mass is 35.5. The third kappa shape index (κ3) is 2.61. The summed E-state index contributed by atoms with van der Waals surface area (Å²) < 4.78 is 6.82. The summed E-state index contributed by atoms with van der Waals surface area (Å²) in [7, 11) is 1.56. The molecule has 0 unspecified atom stereocenters. The smallest absolute Gasteiger partial charge is 0.153 e. The molecule has 0 amide bonds. The molecule has 4 nitrogen and oxygen atoms in total. The molecule has 0 N–H and O–H groups in total. The van der Waals surface area contributed by atoms with Crippen LogP contribution in [0.5, 0.6) is 5.75 Å². The third-order valence-corrected chi connectivity index (χ3v) is 3.61. The van der Waals surface area contributed by atoms with E-state index in [0.29, 0.717) is 22.0 Å². The van der Waals surface area contributed by atoms with Crippen molar-refractivity contribution < 1.29 is 9.53 Å². The number of para-hydroxylation sites is 1. The molecule has 3 rings (SSSR count). The third-order valence-electron chi connectivity index (χ3n) is 3.32. The van der Waals surface area contributed by atoms with Gasteiger partial charge in [-0.05, 0) is 30.3 Å². The molecule has 0 aliphatic rings. The maximum atomic E-state index is 11.3. The zero-order valence-corrected chi connectivity index (χ0v) is 12.6. The molecule has 3 aromatic rings. The van der Waals surface area contributed by atoms with Crippen molar-refractivity contribution in [3.05, 3.63) is 65.3 Å². The number of aldehydes is 1. The Hall–Kier alpha value is -2.59. The van der Waals surface area contributed by atoms with Crippen molar-refractivity contribution in [2.75, 3.05) is 7.11 Å². The normalized spacial score (nSPS) is 10.5. The molecule has 2 aromatic carbocycles. The number of carbonyl (C=O) groups excluding carboxylic acids is 1. The predicted molar refractivity (Wildman–Crippen MR) is 85.9 cm³/mol. The summed E-state index contributed by atoms with van der Waals surface area (Å²) in [5.41, 5.74) is 2.74. The molecule has 0 radical (unpaired) electrons. The first-order valence-corrected chi connectivity index (χ1v) is 7.05. The van der Waals surface area contributed by atoms with E-state index >= 15 is 0 Å². The first-order chi connectivity index (χ1) is 10.7. The Balaban J connectivity index is 2.09. The Morgan fingerprint density at radius 1 is 1.18 bits per heavy atom. The summed E-state index contributed by atoms with van der Waals surface area (Å²) >= 11 is 6.15. The lowest BCUT2D eigenvalue weighted by Gasteiger charge is -2.05. The SMILES string of the molecule is COc1ccc(-c2nn(-c3ccccc3)cc2C=O)cc1Cl. The highest BCUT2D eigenvalue weighted by Gasteiger charge is 2.13. The number of hydrogen-bond acceptors (Lipinski definition) is 3. The zero-order valence-electron chi connectivity index (χ0n) is 11.9. The van der Waals surface area contributed by atoms with E-state index in [1.807, 2.05) is 36.4 Å². The van der Waals surface area contributed by atoms with Crippen LogP contribution in [0.4, 0.5) is 0 Å². The van der Waals surface area contributed by atoms with Crippen molar-refractivity contribution in [1.82, 2.24) is 9.78 Å². The van der Waals surface area contributed by atoms with Crippen LogP contribution in [0.2, 0.25) is 5.02 Å².